The maximum absolute atomic E-state index is 8.36. The number of nitrogens with one attached hydrogen (secondary N) is 1. The molecule has 0 saturated carbocycles. The molecule has 0 spiro atoms. The first kappa shape index (κ1) is 10.2. The van der Waals surface area contributed by atoms with Crippen LogP contribution in [0.5, 0.6) is 0 Å². The van der Waals surface area contributed by atoms with E-state index in [1.165, 1.54) is 21.8 Å². The third-order valence-electron chi connectivity index (χ3n) is 2.41. The van der Waals surface area contributed by atoms with Crippen LogP contribution >= 0.6 is 0 Å². The minimum Gasteiger partial charge on any atom is -0.483 e. The summed E-state index contributed by atoms with van der Waals surface area (Å²) in [5.41, 5.74) is 2.42. The Hall–Kier alpha value is -2.29. The van der Waals surface area contributed by atoms with E-state index in [0.717, 1.165) is 0 Å². The zero-order chi connectivity index (χ0) is 11.4. The molecule has 0 fully saturated rings. The summed E-state index contributed by atoms with van der Waals surface area (Å²) in [5, 5.41) is 9.50. The van der Waals surface area contributed by atoms with Gasteiger partial charge in [0.05, 0.1) is 0 Å². The minimum absolute atomic E-state index is 0.250. The quantitative estimate of drug-likeness (QED) is 0.564. The molecule has 0 atom stereocenters. The average molecular weight is 213 g/mol. The number of benzene rings is 2. The molecule has 3 heteroatoms. The van der Waals surface area contributed by atoms with Gasteiger partial charge in [0.25, 0.3) is 6.47 Å². The molecule has 0 aliphatic heterocycles. The summed E-state index contributed by atoms with van der Waals surface area (Å²) in [6.45, 7) is -0.250. The molecule has 3 nitrogen and oxygen atoms in total. The van der Waals surface area contributed by atoms with Crippen molar-refractivity contribution in [2.24, 2.45) is 0 Å². The van der Waals surface area contributed by atoms with Crippen LogP contribution < -0.4 is 0 Å². The van der Waals surface area contributed by atoms with E-state index in [-0.39, 0.29) is 6.47 Å². The zero-order valence-electron chi connectivity index (χ0n) is 8.55. The first-order chi connectivity index (χ1) is 7.86. The average Bonchev–Trinajstić information content (AvgIpc) is 2.68. The summed E-state index contributed by atoms with van der Waals surface area (Å²) in [6.07, 6.45) is 0. The Labute approximate surface area is 92.3 Å². The second-order valence-corrected chi connectivity index (χ2v) is 3.32. The smallest absolute Gasteiger partial charge is 0.290 e. The van der Waals surface area contributed by atoms with E-state index < -0.39 is 0 Å². The Balaban J connectivity index is 0.000000292. The SMILES string of the molecule is O=CO.c1ccc2c(c1)[nH]c1ccccc12. The third kappa shape index (κ3) is 1.75. The second-order valence-electron chi connectivity index (χ2n) is 3.32. The zero-order valence-corrected chi connectivity index (χ0v) is 8.55. The van der Waals surface area contributed by atoms with Crippen LogP contribution in [0.3, 0.4) is 0 Å². The summed E-state index contributed by atoms with van der Waals surface area (Å²) >= 11 is 0. The van der Waals surface area contributed by atoms with Gasteiger partial charge in [0.15, 0.2) is 0 Å². The molecule has 16 heavy (non-hydrogen) atoms. The monoisotopic (exact) mass is 213 g/mol. The molecule has 0 aliphatic rings. The van der Waals surface area contributed by atoms with Gasteiger partial charge in [-0.25, -0.2) is 0 Å². The molecule has 0 unspecified atom stereocenters. The number of para-hydroxylation sites is 2. The maximum atomic E-state index is 8.36. The molecule has 2 aromatic carbocycles. The van der Waals surface area contributed by atoms with Gasteiger partial charge in [0.1, 0.15) is 0 Å². The lowest BCUT2D eigenvalue weighted by Crippen LogP contribution is -1.62. The normalized spacial score (nSPS) is 9.75. The Morgan fingerprint density at radius 1 is 0.875 bits per heavy atom. The van der Waals surface area contributed by atoms with Gasteiger partial charge in [-0.2, -0.15) is 0 Å². The lowest BCUT2D eigenvalue weighted by molar-refractivity contribution is -0.122. The largest absolute Gasteiger partial charge is 0.483 e. The van der Waals surface area contributed by atoms with Crippen molar-refractivity contribution in [1.29, 1.82) is 0 Å². The first-order valence-corrected chi connectivity index (χ1v) is 4.90. The number of fused-ring (bicyclic) bond motifs is 3. The molecule has 0 amide bonds. The number of hydrogen-bond acceptors (Lipinski definition) is 1. The van der Waals surface area contributed by atoms with E-state index >= 15 is 0 Å². The molecular formula is C13H11NO2. The third-order valence-corrected chi connectivity index (χ3v) is 2.41. The number of aromatic nitrogens is 1. The van der Waals surface area contributed by atoms with Crippen molar-refractivity contribution in [2.75, 3.05) is 0 Å². The topological polar surface area (TPSA) is 53.1 Å². The second kappa shape index (κ2) is 4.49. The van der Waals surface area contributed by atoms with Crippen LogP contribution in [0.2, 0.25) is 0 Å². The van der Waals surface area contributed by atoms with Crippen LogP contribution in [-0.4, -0.2) is 16.6 Å². The first-order valence-electron chi connectivity index (χ1n) is 4.90. The highest BCUT2D eigenvalue weighted by Gasteiger charge is 2.00. The van der Waals surface area contributed by atoms with Crippen molar-refractivity contribution >= 4 is 28.3 Å². The Morgan fingerprint density at radius 3 is 1.69 bits per heavy atom. The van der Waals surface area contributed by atoms with Gasteiger partial charge in [-0.15, -0.1) is 0 Å². The van der Waals surface area contributed by atoms with Crippen LogP contribution in [0.15, 0.2) is 48.5 Å². The number of carbonyl (C=O) groups is 1. The Kier molecular flexibility index (Phi) is 2.87. The highest BCUT2D eigenvalue weighted by atomic mass is 16.3. The number of hydrogen-bond donors (Lipinski definition) is 2. The van der Waals surface area contributed by atoms with Crippen molar-refractivity contribution in [3.05, 3.63) is 48.5 Å². The van der Waals surface area contributed by atoms with Crippen molar-refractivity contribution < 1.29 is 9.90 Å². The number of carboxylic acid groups (broad SMARTS) is 1. The van der Waals surface area contributed by atoms with E-state index in [4.69, 9.17) is 9.90 Å². The van der Waals surface area contributed by atoms with Crippen molar-refractivity contribution in [3.8, 4) is 0 Å². The van der Waals surface area contributed by atoms with Gasteiger partial charge in [0, 0.05) is 21.8 Å². The molecule has 80 valence electrons. The lowest BCUT2D eigenvalue weighted by Gasteiger charge is -1.87. The van der Waals surface area contributed by atoms with E-state index in [2.05, 4.69) is 53.5 Å². The van der Waals surface area contributed by atoms with Crippen LogP contribution in [0.4, 0.5) is 0 Å². The number of aromatic amines is 1. The predicted molar refractivity (Wildman–Crippen MR) is 64.5 cm³/mol. The van der Waals surface area contributed by atoms with E-state index in [0.29, 0.717) is 0 Å². The maximum Gasteiger partial charge on any atom is 0.290 e. The molecule has 2 N–H and O–H groups in total. The van der Waals surface area contributed by atoms with Gasteiger partial charge in [-0.1, -0.05) is 36.4 Å². The summed E-state index contributed by atoms with van der Waals surface area (Å²) in [7, 11) is 0. The Bertz CT molecular complexity index is 563. The fourth-order valence-electron chi connectivity index (χ4n) is 1.80. The van der Waals surface area contributed by atoms with Gasteiger partial charge in [-0.3, -0.25) is 4.79 Å². The van der Waals surface area contributed by atoms with Crippen molar-refractivity contribution in [1.82, 2.24) is 4.98 Å². The summed E-state index contributed by atoms with van der Waals surface area (Å²) in [4.78, 5) is 11.7. The highest BCUT2D eigenvalue weighted by molar-refractivity contribution is 6.06. The van der Waals surface area contributed by atoms with Gasteiger partial charge in [-0.05, 0) is 12.1 Å². The number of H-pyrrole nitrogens is 1. The lowest BCUT2D eigenvalue weighted by atomic mass is 10.2. The molecule has 3 aromatic rings. The molecule has 3 rings (SSSR count). The van der Waals surface area contributed by atoms with Crippen LogP contribution in [0.25, 0.3) is 21.8 Å². The summed E-state index contributed by atoms with van der Waals surface area (Å²) < 4.78 is 0. The molecule has 0 bridgehead atoms. The molecular weight excluding hydrogens is 202 g/mol. The molecule has 0 radical (unpaired) electrons. The van der Waals surface area contributed by atoms with Crippen LogP contribution in [-0.2, 0) is 4.79 Å². The highest BCUT2D eigenvalue weighted by Crippen LogP contribution is 2.24. The van der Waals surface area contributed by atoms with E-state index in [1.54, 1.807) is 0 Å². The van der Waals surface area contributed by atoms with Gasteiger partial charge in [0.2, 0.25) is 0 Å². The summed E-state index contributed by atoms with van der Waals surface area (Å²) in [6, 6.07) is 16.8. The Morgan fingerprint density at radius 2 is 1.25 bits per heavy atom. The predicted octanol–water partition coefficient (Wildman–Crippen LogP) is 3.02. The van der Waals surface area contributed by atoms with Crippen molar-refractivity contribution in [3.63, 3.8) is 0 Å². The standard InChI is InChI=1S/C12H9N.CH2O2/c1-3-7-11-9(5-1)10-6-2-4-8-12(10)13-11;2-1-3/h1-8,13H;1H,(H,2,3). The summed E-state index contributed by atoms with van der Waals surface area (Å²) in [5.74, 6) is 0. The molecule has 0 saturated heterocycles. The van der Waals surface area contributed by atoms with Crippen LogP contribution in [0, 0.1) is 0 Å². The number of rotatable bonds is 0. The van der Waals surface area contributed by atoms with Gasteiger partial charge < -0.3 is 10.1 Å². The van der Waals surface area contributed by atoms with Crippen molar-refractivity contribution in [2.45, 2.75) is 0 Å². The van der Waals surface area contributed by atoms with E-state index in [1.807, 2.05) is 0 Å². The molecule has 1 aromatic heterocycles. The van der Waals surface area contributed by atoms with E-state index in [9.17, 15) is 0 Å². The molecule has 1 heterocycles. The fourth-order valence-corrected chi connectivity index (χ4v) is 1.80. The van der Waals surface area contributed by atoms with Crippen LogP contribution in [0.1, 0.15) is 0 Å². The fraction of sp³-hybridized carbons (Fsp3) is 0. The van der Waals surface area contributed by atoms with Gasteiger partial charge >= 0.3 is 0 Å². The minimum atomic E-state index is -0.250. The molecule has 0 aliphatic carbocycles.